The second-order valence-electron chi connectivity index (χ2n) is 5.70. The number of halogens is 1. The second kappa shape index (κ2) is 7.33. The van der Waals surface area contributed by atoms with Gasteiger partial charge in [0, 0.05) is 44.1 Å². The normalized spacial score (nSPS) is 13.7. The zero-order chi connectivity index (χ0) is 15.7. The van der Waals surface area contributed by atoms with E-state index >= 15 is 0 Å². The van der Waals surface area contributed by atoms with Crippen LogP contribution in [0.25, 0.3) is 0 Å². The summed E-state index contributed by atoms with van der Waals surface area (Å²) in [6.07, 6.45) is 1.07. The van der Waals surface area contributed by atoms with Gasteiger partial charge < -0.3 is 10.2 Å². The molecule has 0 fully saturated rings. The Balaban J connectivity index is 0.00000192. The summed E-state index contributed by atoms with van der Waals surface area (Å²) < 4.78 is 1.93. The minimum Gasteiger partial charge on any atom is -0.352 e. The molecule has 23 heavy (non-hydrogen) atoms. The van der Waals surface area contributed by atoms with Gasteiger partial charge in [-0.3, -0.25) is 9.67 Å². The Hall–Kier alpha value is -1.57. The van der Waals surface area contributed by atoms with Crippen LogP contribution in [-0.2, 0) is 20.0 Å². The van der Waals surface area contributed by atoms with Crippen molar-refractivity contribution in [3.63, 3.8) is 0 Å². The lowest BCUT2D eigenvalue weighted by Gasteiger charge is -2.22. The number of guanidine groups is 1. The first-order valence-corrected chi connectivity index (χ1v) is 7.67. The zero-order valence-electron chi connectivity index (χ0n) is 14.1. The highest BCUT2D eigenvalue weighted by atomic mass is 127. The van der Waals surface area contributed by atoms with Crippen molar-refractivity contribution in [2.75, 3.05) is 18.5 Å². The van der Waals surface area contributed by atoms with E-state index in [9.17, 15) is 0 Å². The molecule has 5 nitrogen and oxygen atoms in total. The predicted molar refractivity (Wildman–Crippen MR) is 106 cm³/mol. The maximum atomic E-state index is 4.47. The summed E-state index contributed by atoms with van der Waals surface area (Å²) in [6, 6.07) is 8.54. The van der Waals surface area contributed by atoms with E-state index in [1.807, 2.05) is 18.8 Å². The Kier molecular flexibility index (Phi) is 5.67. The smallest absolute Gasteiger partial charge is 0.198 e. The lowest BCUT2D eigenvalue weighted by Crippen LogP contribution is -2.40. The second-order valence-corrected chi connectivity index (χ2v) is 5.70. The average molecular weight is 425 g/mol. The molecule has 0 spiro atoms. The molecule has 0 unspecified atom stereocenters. The topological polar surface area (TPSA) is 45.5 Å². The molecule has 0 aliphatic carbocycles. The molecule has 124 valence electrons. The molecule has 1 aromatic heterocycles. The maximum Gasteiger partial charge on any atom is 0.198 e. The van der Waals surface area contributed by atoms with Crippen molar-refractivity contribution >= 4 is 35.6 Å². The molecule has 0 atom stereocenters. The lowest BCUT2D eigenvalue weighted by molar-refractivity contribution is 0.729. The van der Waals surface area contributed by atoms with E-state index in [-0.39, 0.29) is 24.0 Å². The molecule has 2 aromatic rings. The maximum absolute atomic E-state index is 4.47. The first kappa shape index (κ1) is 17.8. The molecule has 0 radical (unpaired) electrons. The molecule has 1 aliphatic heterocycles. The van der Waals surface area contributed by atoms with Crippen molar-refractivity contribution in [1.82, 2.24) is 15.1 Å². The van der Waals surface area contributed by atoms with Crippen molar-refractivity contribution in [3.8, 4) is 0 Å². The highest BCUT2D eigenvalue weighted by molar-refractivity contribution is 14.0. The number of hydrogen-bond acceptors (Lipinski definition) is 2. The SMILES string of the molecule is CN=C(NCc1c(C)nn(C)c1C)N1CCc2ccccc21.I. The van der Waals surface area contributed by atoms with Gasteiger partial charge in [0.15, 0.2) is 5.96 Å². The Morgan fingerprint density at radius 3 is 2.70 bits per heavy atom. The molecule has 0 bridgehead atoms. The Morgan fingerprint density at radius 1 is 1.30 bits per heavy atom. The third-order valence-corrected chi connectivity index (χ3v) is 4.44. The number of aliphatic imine (C=N–C) groups is 1. The molecule has 3 rings (SSSR count). The van der Waals surface area contributed by atoms with E-state index < -0.39 is 0 Å². The van der Waals surface area contributed by atoms with E-state index in [2.05, 4.69) is 58.4 Å². The van der Waals surface area contributed by atoms with Crippen molar-refractivity contribution < 1.29 is 0 Å². The molecule has 0 saturated heterocycles. The number of fused-ring (bicyclic) bond motifs is 1. The summed E-state index contributed by atoms with van der Waals surface area (Å²) in [5.74, 6) is 0.924. The van der Waals surface area contributed by atoms with Gasteiger partial charge in [-0.1, -0.05) is 18.2 Å². The van der Waals surface area contributed by atoms with Gasteiger partial charge in [0.25, 0.3) is 0 Å². The number of benzene rings is 1. The van der Waals surface area contributed by atoms with E-state index in [1.165, 1.54) is 22.5 Å². The Labute approximate surface area is 154 Å². The number of para-hydroxylation sites is 1. The summed E-state index contributed by atoms with van der Waals surface area (Å²) in [5, 5.41) is 7.96. The van der Waals surface area contributed by atoms with Crippen LogP contribution in [0, 0.1) is 13.8 Å². The fourth-order valence-corrected chi connectivity index (χ4v) is 3.09. The fourth-order valence-electron chi connectivity index (χ4n) is 3.09. The first-order chi connectivity index (χ1) is 10.6. The van der Waals surface area contributed by atoms with Crippen LogP contribution in [0.15, 0.2) is 29.3 Å². The van der Waals surface area contributed by atoms with Gasteiger partial charge in [-0.05, 0) is 31.9 Å². The minimum absolute atomic E-state index is 0. The van der Waals surface area contributed by atoms with Crippen molar-refractivity contribution in [2.24, 2.45) is 12.0 Å². The van der Waals surface area contributed by atoms with Gasteiger partial charge in [-0.15, -0.1) is 24.0 Å². The van der Waals surface area contributed by atoms with Crippen LogP contribution < -0.4 is 10.2 Å². The number of aromatic nitrogens is 2. The third kappa shape index (κ3) is 3.36. The van der Waals surface area contributed by atoms with E-state index in [0.29, 0.717) is 0 Å². The van der Waals surface area contributed by atoms with Crippen LogP contribution in [0.4, 0.5) is 5.69 Å². The van der Waals surface area contributed by atoms with Crippen LogP contribution in [0.2, 0.25) is 0 Å². The molecule has 0 saturated carbocycles. The molecule has 2 heterocycles. The highest BCUT2D eigenvalue weighted by Gasteiger charge is 2.22. The summed E-state index contributed by atoms with van der Waals surface area (Å²) in [6.45, 7) is 5.88. The van der Waals surface area contributed by atoms with Gasteiger partial charge in [0.05, 0.1) is 5.69 Å². The number of anilines is 1. The van der Waals surface area contributed by atoms with Crippen LogP contribution in [-0.4, -0.2) is 29.3 Å². The van der Waals surface area contributed by atoms with Crippen LogP contribution >= 0.6 is 24.0 Å². The summed E-state index contributed by atoms with van der Waals surface area (Å²) in [5.41, 5.74) is 6.16. The third-order valence-electron chi connectivity index (χ3n) is 4.44. The van der Waals surface area contributed by atoms with Crippen LogP contribution in [0.1, 0.15) is 22.5 Å². The van der Waals surface area contributed by atoms with Gasteiger partial charge in [0.2, 0.25) is 0 Å². The molecular weight excluding hydrogens is 401 g/mol. The first-order valence-electron chi connectivity index (χ1n) is 7.67. The number of rotatable bonds is 2. The van der Waals surface area contributed by atoms with Crippen molar-refractivity contribution in [2.45, 2.75) is 26.8 Å². The van der Waals surface area contributed by atoms with Gasteiger partial charge in [-0.25, -0.2) is 0 Å². The van der Waals surface area contributed by atoms with Gasteiger partial charge in [-0.2, -0.15) is 5.10 Å². The Morgan fingerprint density at radius 2 is 2.04 bits per heavy atom. The number of nitrogens with one attached hydrogen (secondary N) is 1. The minimum atomic E-state index is 0. The largest absolute Gasteiger partial charge is 0.352 e. The van der Waals surface area contributed by atoms with Gasteiger partial charge >= 0.3 is 0 Å². The molecule has 6 heteroatoms. The summed E-state index contributed by atoms with van der Waals surface area (Å²) in [7, 11) is 3.82. The zero-order valence-corrected chi connectivity index (χ0v) is 16.5. The standard InChI is InChI=1S/C17H23N5.HI/c1-12-15(13(2)21(4)20-12)11-19-17(18-3)22-10-9-14-7-5-6-8-16(14)22;/h5-8H,9-11H2,1-4H3,(H,18,19);1H. The lowest BCUT2D eigenvalue weighted by atomic mass is 10.2. The van der Waals surface area contributed by atoms with Crippen LogP contribution in [0.3, 0.4) is 0 Å². The molecule has 1 aliphatic rings. The van der Waals surface area contributed by atoms with E-state index in [4.69, 9.17) is 0 Å². The van der Waals surface area contributed by atoms with Crippen molar-refractivity contribution in [3.05, 3.63) is 46.8 Å². The van der Waals surface area contributed by atoms with E-state index in [1.54, 1.807) is 0 Å². The quantitative estimate of drug-likeness (QED) is 0.457. The number of nitrogens with zero attached hydrogens (tertiary/aromatic N) is 4. The van der Waals surface area contributed by atoms with Crippen LogP contribution in [0.5, 0.6) is 0 Å². The molecule has 0 amide bonds. The van der Waals surface area contributed by atoms with Gasteiger partial charge in [0.1, 0.15) is 0 Å². The van der Waals surface area contributed by atoms with Crippen molar-refractivity contribution in [1.29, 1.82) is 0 Å². The molecule has 1 N–H and O–H groups in total. The highest BCUT2D eigenvalue weighted by Crippen LogP contribution is 2.27. The van der Waals surface area contributed by atoms with E-state index in [0.717, 1.165) is 31.2 Å². The number of aryl methyl sites for hydroxylation is 2. The summed E-state index contributed by atoms with van der Waals surface area (Å²) in [4.78, 5) is 6.71. The summed E-state index contributed by atoms with van der Waals surface area (Å²) >= 11 is 0. The monoisotopic (exact) mass is 425 g/mol. The molecular formula is C17H24IN5. The predicted octanol–water partition coefficient (Wildman–Crippen LogP) is 2.79. The fraction of sp³-hybridized carbons (Fsp3) is 0.412. The average Bonchev–Trinajstić information content (AvgIpc) is 3.04. The Bertz CT molecular complexity index is 720. The number of hydrogen-bond donors (Lipinski definition) is 1. The molecule has 1 aromatic carbocycles.